The largest absolute Gasteiger partial charge is 0.351 e. The Labute approximate surface area is 191 Å². The minimum absolute atomic E-state index is 0.0192. The molecule has 0 saturated heterocycles. The molecule has 0 spiro atoms. The van der Waals surface area contributed by atoms with Crippen molar-refractivity contribution in [3.63, 3.8) is 0 Å². The number of nitrogens with one attached hydrogen (secondary N) is 2. The second-order valence-corrected chi connectivity index (χ2v) is 8.73. The molecule has 0 unspecified atom stereocenters. The summed E-state index contributed by atoms with van der Waals surface area (Å²) in [6.45, 7) is 0.424. The lowest BCUT2D eigenvalue weighted by Gasteiger charge is -2.29. The van der Waals surface area contributed by atoms with Crippen LogP contribution in [0.15, 0.2) is 64.2 Å². The number of nitrogens with zero attached hydrogens (tertiary/aromatic N) is 3. The molecule has 1 aliphatic carbocycles. The van der Waals surface area contributed by atoms with Gasteiger partial charge in [-0.25, -0.2) is 4.79 Å². The molecule has 0 bridgehead atoms. The topological polar surface area (TPSA) is 111 Å². The van der Waals surface area contributed by atoms with Gasteiger partial charge in [-0.2, -0.15) is 4.98 Å². The van der Waals surface area contributed by atoms with Gasteiger partial charge in [0.15, 0.2) is 11.2 Å². The zero-order chi connectivity index (χ0) is 22.9. The first-order chi connectivity index (χ1) is 16.0. The molecule has 0 radical (unpaired) electrons. The van der Waals surface area contributed by atoms with Crippen LogP contribution in [0, 0.1) is 0 Å². The van der Waals surface area contributed by atoms with Crippen molar-refractivity contribution in [1.82, 2.24) is 19.1 Å². The number of imidazole rings is 1. The lowest BCUT2D eigenvalue weighted by atomic mass is 9.91. The minimum Gasteiger partial charge on any atom is -0.351 e. The van der Waals surface area contributed by atoms with Crippen molar-refractivity contribution in [3.05, 3.63) is 81.0 Å². The van der Waals surface area contributed by atoms with E-state index in [9.17, 15) is 9.59 Å². The van der Waals surface area contributed by atoms with Crippen molar-refractivity contribution in [2.75, 3.05) is 5.32 Å². The monoisotopic (exact) mass is 444 g/mol. The van der Waals surface area contributed by atoms with Crippen LogP contribution in [-0.4, -0.2) is 31.2 Å². The summed E-state index contributed by atoms with van der Waals surface area (Å²) in [5, 5.41) is 3.50. The fraction of sp³-hybridized carbons (Fsp3) is 0.320. The number of aromatic nitrogens is 4. The van der Waals surface area contributed by atoms with Gasteiger partial charge in [-0.15, -0.1) is 0 Å². The maximum Gasteiger partial charge on any atom is 0.329 e. The molecule has 2 atom stereocenters. The third-order valence-electron chi connectivity index (χ3n) is 6.57. The number of benzene rings is 2. The highest BCUT2D eigenvalue weighted by atomic mass is 16.2. The Kier molecular flexibility index (Phi) is 5.60. The summed E-state index contributed by atoms with van der Waals surface area (Å²) in [4.78, 5) is 32.3. The van der Waals surface area contributed by atoms with E-state index in [1.807, 2.05) is 34.9 Å². The van der Waals surface area contributed by atoms with Crippen molar-refractivity contribution in [2.24, 2.45) is 12.8 Å². The number of rotatable bonds is 5. The highest BCUT2D eigenvalue weighted by Crippen LogP contribution is 2.28. The third-order valence-corrected chi connectivity index (χ3v) is 6.57. The number of hydrogen-bond acceptors (Lipinski definition) is 5. The number of anilines is 1. The van der Waals surface area contributed by atoms with Crippen molar-refractivity contribution in [2.45, 2.75) is 44.3 Å². The van der Waals surface area contributed by atoms with E-state index in [2.05, 4.69) is 34.6 Å². The van der Waals surface area contributed by atoms with Gasteiger partial charge in [0.1, 0.15) is 0 Å². The maximum atomic E-state index is 12.9. The number of hydrogen-bond donors (Lipinski definition) is 3. The summed E-state index contributed by atoms with van der Waals surface area (Å²) in [5.41, 5.74) is 9.41. The molecule has 8 heteroatoms. The van der Waals surface area contributed by atoms with Gasteiger partial charge in [0.25, 0.3) is 5.56 Å². The van der Waals surface area contributed by atoms with Crippen molar-refractivity contribution < 1.29 is 0 Å². The highest BCUT2D eigenvalue weighted by molar-refractivity contribution is 5.75. The van der Waals surface area contributed by atoms with E-state index in [1.54, 1.807) is 7.05 Å². The van der Waals surface area contributed by atoms with E-state index in [0.717, 1.165) is 42.4 Å². The molecule has 0 amide bonds. The van der Waals surface area contributed by atoms with E-state index < -0.39 is 11.2 Å². The molecule has 33 heavy (non-hydrogen) atoms. The van der Waals surface area contributed by atoms with Gasteiger partial charge < -0.3 is 11.1 Å². The van der Waals surface area contributed by atoms with E-state index in [0.29, 0.717) is 23.7 Å². The number of nitrogens with two attached hydrogens (primary N) is 1. The van der Waals surface area contributed by atoms with Crippen LogP contribution >= 0.6 is 0 Å². The Morgan fingerprint density at radius 2 is 1.79 bits per heavy atom. The number of aryl methyl sites for hydroxylation is 1. The van der Waals surface area contributed by atoms with Crippen molar-refractivity contribution in [1.29, 1.82) is 0 Å². The molecule has 1 fully saturated rings. The summed E-state index contributed by atoms with van der Waals surface area (Å²) in [6.07, 6.45) is 4.12. The maximum absolute atomic E-state index is 12.9. The predicted molar refractivity (Wildman–Crippen MR) is 130 cm³/mol. The molecule has 8 nitrogen and oxygen atoms in total. The Bertz CT molecular complexity index is 1400. The van der Waals surface area contributed by atoms with E-state index in [1.165, 1.54) is 4.57 Å². The van der Waals surface area contributed by atoms with Gasteiger partial charge in [0.2, 0.25) is 5.95 Å². The fourth-order valence-electron chi connectivity index (χ4n) is 4.73. The molecule has 1 saturated carbocycles. The highest BCUT2D eigenvalue weighted by Gasteiger charge is 2.25. The van der Waals surface area contributed by atoms with Crippen molar-refractivity contribution in [3.8, 4) is 11.1 Å². The Morgan fingerprint density at radius 1 is 1.06 bits per heavy atom. The quantitative estimate of drug-likeness (QED) is 0.438. The normalized spacial score (nSPS) is 18.5. The summed E-state index contributed by atoms with van der Waals surface area (Å²) in [5.74, 6) is 0.557. The smallest absolute Gasteiger partial charge is 0.329 e. The molecule has 4 N–H and O–H groups in total. The molecule has 2 aromatic carbocycles. The summed E-state index contributed by atoms with van der Waals surface area (Å²) in [6, 6.07) is 18.4. The molecule has 0 aliphatic heterocycles. The zero-order valence-corrected chi connectivity index (χ0v) is 18.6. The fourth-order valence-corrected chi connectivity index (χ4v) is 4.73. The van der Waals surface area contributed by atoms with Crippen LogP contribution in [0.2, 0.25) is 0 Å². The van der Waals surface area contributed by atoms with Gasteiger partial charge >= 0.3 is 5.69 Å². The molecule has 170 valence electrons. The average molecular weight is 445 g/mol. The molecular formula is C25H28N6O2. The van der Waals surface area contributed by atoms with Crippen LogP contribution in [0.4, 0.5) is 5.95 Å². The van der Waals surface area contributed by atoms with Crippen LogP contribution in [-0.2, 0) is 13.6 Å². The first-order valence-electron chi connectivity index (χ1n) is 11.4. The first-order valence-corrected chi connectivity index (χ1v) is 11.4. The Hall–Kier alpha value is -3.65. The number of aromatic amines is 1. The Balaban J connectivity index is 1.65. The summed E-state index contributed by atoms with van der Waals surface area (Å²) in [7, 11) is 1.62. The van der Waals surface area contributed by atoms with Gasteiger partial charge in [0.05, 0.1) is 6.54 Å². The van der Waals surface area contributed by atoms with E-state index in [-0.39, 0.29) is 12.1 Å². The SMILES string of the molecule is Cn1c(=O)[nH]c(=O)c2c1nc(N[C@H]1CCCC[C@@H]1N)n2Cc1ccccc1-c1ccccc1. The van der Waals surface area contributed by atoms with Crippen LogP contribution in [0.3, 0.4) is 0 Å². The molecule has 2 heterocycles. The van der Waals surface area contributed by atoms with E-state index in [4.69, 9.17) is 10.7 Å². The van der Waals surface area contributed by atoms with Gasteiger partial charge in [-0.3, -0.25) is 18.9 Å². The second-order valence-electron chi connectivity index (χ2n) is 8.73. The minimum atomic E-state index is -0.484. The van der Waals surface area contributed by atoms with Crippen LogP contribution in [0.25, 0.3) is 22.3 Å². The molecule has 4 aromatic rings. The van der Waals surface area contributed by atoms with Gasteiger partial charge in [-0.1, -0.05) is 67.4 Å². The number of fused-ring (bicyclic) bond motifs is 1. The molecule has 1 aliphatic rings. The zero-order valence-electron chi connectivity index (χ0n) is 18.6. The van der Waals surface area contributed by atoms with Gasteiger partial charge in [-0.05, 0) is 29.5 Å². The first kappa shape index (κ1) is 21.2. The van der Waals surface area contributed by atoms with E-state index >= 15 is 0 Å². The Morgan fingerprint density at radius 3 is 2.58 bits per heavy atom. The molecular weight excluding hydrogens is 416 g/mol. The lowest BCUT2D eigenvalue weighted by molar-refractivity contribution is 0.401. The van der Waals surface area contributed by atoms with Crippen LogP contribution < -0.4 is 22.3 Å². The summed E-state index contributed by atoms with van der Waals surface area (Å²) < 4.78 is 3.25. The number of H-pyrrole nitrogens is 1. The molecule has 2 aromatic heterocycles. The van der Waals surface area contributed by atoms with Crippen molar-refractivity contribution >= 4 is 17.1 Å². The predicted octanol–water partition coefficient (Wildman–Crippen LogP) is 2.82. The molecule has 5 rings (SSSR count). The van der Waals surface area contributed by atoms with Gasteiger partial charge in [0, 0.05) is 19.1 Å². The summed E-state index contributed by atoms with van der Waals surface area (Å²) >= 11 is 0. The average Bonchev–Trinajstić information content (AvgIpc) is 3.18. The standard InChI is InChI=1S/C25H28N6O2/c1-30-22-21(23(32)29-25(30)33)31(24(28-22)27-20-14-8-7-13-19(20)26)15-17-11-5-6-12-18(17)16-9-3-2-4-10-16/h2-6,9-12,19-20H,7-8,13-15,26H2,1H3,(H,27,28)(H,29,32,33)/t19-,20-/m0/s1. The third kappa shape index (κ3) is 3.98. The van der Waals surface area contributed by atoms with Crippen LogP contribution in [0.5, 0.6) is 0 Å². The van der Waals surface area contributed by atoms with Crippen LogP contribution in [0.1, 0.15) is 31.2 Å². The lowest BCUT2D eigenvalue weighted by Crippen LogP contribution is -2.43. The second kappa shape index (κ2) is 8.71.